The average molecular weight is 914 g/mol. The topological polar surface area (TPSA) is 0 Å². The van der Waals surface area contributed by atoms with Crippen molar-refractivity contribution in [2.45, 2.75) is 147 Å². The van der Waals surface area contributed by atoms with Crippen LogP contribution in [0.4, 0.5) is 0 Å². The molecule has 0 aliphatic heterocycles. The summed E-state index contributed by atoms with van der Waals surface area (Å²) in [7, 11) is 0. The summed E-state index contributed by atoms with van der Waals surface area (Å²) in [6.07, 6.45) is 7.72. The number of rotatable bonds is 10. The Balaban J connectivity index is 1.92. The molecule has 0 fully saturated rings. The SMILES string of the molecule is CCC1=Cc2c(C(C)C)cc(C(C)C)cc2[CH]1[Hf]([CH3])([CH3])[C](C)(C)[Hf]([CH3])([CH3])[CH]1C(CC)=Cc2c(C(C)C)cc(C(C)C)cc21. The van der Waals surface area contributed by atoms with Gasteiger partial charge in [-0.25, -0.2) is 0 Å². The monoisotopic (exact) mass is 916 g/mol. The van der Waals surface area contributed by atoms with E-state index in [1.54, 1.807) is 55.7 Å². The van der Waals surface area contributed by atoms with Crippen LogP contribution in [0.25, 0.3) is 12.2 Å². The second-order valence-electron chi connectivity index (χ2n) is 16.9. The fourth-order valence-corrected chi connectivity index (χ4v) is 93.2. The van der Waals surface area contributed by atoms with Gasteiger partial charge in [-0.05, 0) is 0 Å². The van der Waals surface area contributed by atoms with Crippen molar-refractivity contribution in [3.63, 3.8) is 0 Å². The number of hydrogen-bond acceptors (Lipinski definition) is 0. The van der Waals surface area contributed by atoms with Gasteiger partial charge in [-0.15, -0.1) is 0 Å². The van der Waals surface area contributed by atoms with Crippen molar-refractivity contribution in [2.24, 2.45) is 0 Å². The normalized spacial score (nSPS) is 19.1. The van der Waals surface area contributed by atoms with Crippen LogP contribution in [0.5, 0.6) is 0 Å². The summed E-state index contributed by atoms with van der Waals surface area (Å²) in [6, 6.07) is 10.4. The molecule has 236 valence electrons. The van der Waals surface area contributed by atoms with Gasteiger partial charge in [-0.1, -0.05) is 0 Å². The van der Waals surface area contributed by atoms with Crippen molar-refractivity contribution in [3.05, 3.63) is 79.9 Å². The van der Waals surface area contributed by atoms with Crippen molar-refractivity contribution >= 4 is 12.2 Å². The van der Waals surface area contributed by atoms with Gasteiger partial charge in [0.15, 0.2) is 0 Å². The van der Waals surface area contributed by atoms with Gasteiger partial charge >= 0.3 is 279 Å². The van der Waals surface area contributed by atoms with Crippen molar-refractivity contribution < 1.29 is 39.9 Å². The van der Waals surface area contributed by atoms with Gasteiger partial charge in [-0.2, -0.15) is 0 Å². The summed E-state index contributed by atoms with van der Waals surface area (Å²) in [5.74, 6) is 2.25. The first-order valence-electron chi connectivity index (χ1n) is 17.6. The van der Waals surface area contributed by atoms with E-state index in [1.807, 2.05) is 0 Å². The average Bonchev–Trinajstić information content (AvgIpc) is 3.50. The van der Waals surface area contributed by atoms with E-state index in [0.29, 0.717) is 31.9 Å². The second-order valence-corrected chi connectivity index (χ2v) is 61.3. The van der Waals surface area contributed by atoms with Crippen LogP contribution < -0.4 is 0 Å². The van der Waals surface area contributed by atoms with Gasteiger partial charge in [-0.3, -0.25) is 0 Å². The predicted molar refractivity (Wildman–Crippen MR) is 189 cm³/mol. The quantitative estimate of drug-likeness (QED) is 0.208. The van der Waals surface area contributed by atoms with Gasteiger partial charge in [0.1, 0.15) is 0 Å². The molecule has 0 saturated carbocycles. The minimum absolute atomic E-state index is 0.471. The molecule has 0 bridgehead atoms. The number of hydrogen-bond donors (Lipinski definition) is 0. The first kappa shape index (κ1) is 35.5. The summed E-state index contributed by atoms with van der Waals surface area (Å²) < 4.78 is 13.4. The second kappa shape index (κ2) is 12.7. The van der Waals surface area contributed by atoms with Gasteiger partial charge in [0.05, 0.1) is 0 Å². The Hall–Kier alpha value is -0.340. The van der Waals surface area contributed by atoms with Crippen LogP contribution in [-0.4, -0.2) is 0 Å². The predicted octanol–water partition coefficient (Wildman–Crippen LogP) is 14.2. The molecule has 4 rings (SSSR count). The standard InChI is InChI=1S/2C17H23.C3H6.4CH3.2Hf/c2*1-6-13-7-15-9-14(11(2)3)10-16(12(4)5)17(15)8-13;1-3-2;;;;;;/h2*7-12H,6H2,1-5H3;1-2H3;4*1H3;;. The Kier molecular flexibility index (Phi) is 10.5. The Labute approximate surface area is 276 Å². The Morgan fingerprint density at radius 1 is 0.558 bits per heavy atom. The van der Waals surface area contributed by atoms with E-state index in [1.165, 1.54) is 12.8 Å². The van der Waals surface area contributed by atoms with Crippen LogP contribution in [0.1, 0.15) is 171 Å². The molecule has 2 aliphatic carbocycles. The van der Waals surface area contributed by atoms with Gasteiger partial charge < -0.3 is 0 Å². The van der Waals surface area contributed by atoms with E-state index in [2.05, 4.69) is 138 Å². The van der Waals surface area contributed by atoms with E-state index in [0.717, 1.165) is 0 Å². The van der Waals surface area contributed by atoms with E-state index in [-0.39, 0.29) is 0 Å². The molecule has 2 aromatic rings. The molecule has 2 unspecified atom stereocenters. The Morgan fingerprint density at radius 2 is 0.884 bits per heavy atom. The third kappa shape index (κ3) is 5.87. The summed E-state index contributed by atoms with van der Waals surface area (Å²) in [6.45, 7) is 29.6. The molecule has 0 aromatic heterocycles. The van der Waals surface area contributed by atoms with E-state index in [4.69, 9.17) is 0 Å². The van der Waals surface area contributed by atoms with Crippen molar-refractivity contribution in [3.8, 4) is 0 Å². The zero-order valence-electron chi connectivity index (χ0n) is 30.8. The zero-order chi connectivity index (χ0) is 32.4. The fourth-order valence-electron chi connectivity index (χ4n) is 8.68. The third-order valence-electron chi connectivity index (χ3n) is 12.6. The van der Waals surface area contributed by atoms with Crippen LogP contribution in [0.2, 0.25) is 19.6 Å². The molecular formula is C41H64Hf2. The van der Waals surface area contributed by atoms with E-state index < -0.39 is 39.9 Å². The zero-order valence-corrected chi connectivity index (χ0v) is 38.0. The Bertz CT molecular complexity index is 1320. The molecule has 0 amide bonds. The molecule has 2 heteroatoms. The third-order valence-corrected chi connectivity index (χ3v) is 88.9. The molecule has 0 heterocycles. The van der Waals surface area contributed by atoms with Gasteiger partial charge in [0, 0.05) is 0 Å². The van der Waals surface area contributed by atoms with Gasteiger partial charge in [0.2, 0.25) is 0 Å². The number of benzene rings is 2. The van der Waals surface area contributed by atoms with Crippen molar-refractivity contribution in [1.82, 2.24) is 0 Å². The molecule has 2 aromatic carbocycles. The number of fused-ring (bicyclic) bond motifs is 2. The van der Waals surface area contributed by atoms with Crippen molar-refractivity contribution in [1.29, 1.82) is 0 Å². The minimum atomic E-state index is -3.09. The van der Waals surface area contributed by atoms with E-state index in [9.17, 15) is 0 Å². The molecule has 0 radical (unpaired) electrons. The summed E-state index contributed by atoms with van der Waals surface area (Å²) in [5.41, 5.74) is 16.4. The summed E-state index contributed by atoms with van der Waals surface area (Å²) in [5, 5.41) is 0. The number of allylic oxidation sites excluding steroid dienone is 2. The molecular weight excluding hydrogens is 849 g/mol. The summed E-state index contributed by atoms with van der Waals surface area (Å²) >= 11 is -6.18. The molecule has 43 heavy (non-hydrogen) atoms. The van der Waals surface area contributed by atoms with Crippen LogP contribution in [0.3, 0.4) is 0 Å². The first-order valence-corrected chi connectivity index (χ1v) is 39.7. The van der Waals surface area contributed by atoms with E-state index >= 15 is 0 Å². The fraction of sp³-hybridized carbons (Fsp3) is 0.610. The maximum absolute atomic E-state index is 3.09. The molecule has 0 saturated heterocycles. The summed E-state index contributed by atoms with van der Waals surface area (Å²) in [4.78, 5) is 0. The van der Waals surface area contributed by atoms with Gasteiger partial charge in [0.25, 0.3) is 0 Å². The van der Waals surface area contributed by atoms with Crippen LogP contribution >= 0.6 is 0 Å². The molecule has 0 nitrogen and oxygen atoms in total. The maximum atomic E-state index is 2.88. The van der Waals surface area contributed by atoms with Crippen LogP contribution in [-0.2, 0) is 39.9 Å². The molecule has 2 atom stereocenters. The molecule has 0 N–H and O–H groups in total. The van der Waals surface area contributed by atoms with Crippen LogP contribution in [0.15, 0.2) is 35.4 Å². The first-order chi connectivity index (χ1) is 19.8. The van der Waals surface area contributed by atoms with Crippen molar-refractivity contribution in [2.75, 3.05) is 0 Å². The molecule has 2 aliphatic rings. The molecule has 0 spiro atoms. The van der Waals surface area contributed by atoms with Crippen LogP contribution in [0, 0.1) is 0 Å². The Morgan fingerprint density at radius 3 is 1.14 bits per heavy atom.